The summed E-state index contributed by atoms with van der Waals surface area (Å²) in [7, 11) is 0. The normalized spacial score (nSPS) is 15.6. The van der Waals surface area contributed by atoms with Crippen molar-refractivity contribution in [2.45, 2.75) is 31.0 Å². The Kier molecular flexibility index (Phi) is 6.95. The predicted molar refractivity (Wildman–Crippen MR) is 126 cm³/mol. The van der Waals surface area contributed by atoms with Crippen LogP contribution >= 0.6 is 23.4 Å². The number of halogens is 1. The molecular weight excluding hydrogens is 464 g/mol. The van der Waals surface area contributed by atoms with Gasteiger partial charge in [0.2, 0.25) is 11.8 Å². The van der Waals surface area contributed by atoms with Gasteiger partial charge in [0.1, 0.15) is 5.82 Å². The van der Waals surface area contributed by atoms with Crippen molar-refractivity contribution in [3.63, 3.8) is 0 Å². The average molecular weight is 485 g/mol. The number of thioether (sulfide) groups is 1. The second kappa shape index (κ2) is 10.1. The predicted octanol–water partition coefficient (Wildman–Crippen LogP) is 3.10. The van der Waals surface area contributed by atoms with E-state index in [1.54, 1.807) is 16.7 Å². The lowest BCUT2D eigenvalue weighted by Crippen LogP contribution is -2.53. The molecule has 2 aromatic carbocycles. The Morgan fingerprint density at radius 1 is 1.21 bits per heavy atom. The molecule has 1 fully saturated rings. The first-order valence-corrected chi connectivity index (χ1v) is 11.5. The van der Waals surface area contributed by atoms with Crippen LogP contribution in [0.2, 0.25) is 5.02 Å². The minimum absolute atomic E-state index is 0.127. The number of aromatic nitrogens is 3. The molecule has 9 nitrogen and oxygen atoms in total. The van der Waals surface area contributed by atoms with Gasteiger partial charge in [-0.3, -0.25) is 19.5 Å². The van der Waals surface area contributed by atoms with Gasteiger partial charge in [-0.05, 0) is 48.9 Å². The van der Waals surface area contributed by atoms with E-state index in [4.69, 9.17) is 11.6 Å². The number of urea groups is 1. The molecule has 1 saturated heterocycles. The molecule has 4 amide bonds. The van der Waals surface area contributed by atoms with E-state index >= 15 is 0 Å². The maximum atomic E-state index is 12.5. The van der Waals surface area contributed by atoms with Crippen molar-refractivity contribution in [3.8, 4) is 5.69 Å². The van der Waals surface area contributed by atoms with Crippen LogP contribution in [-0.4, -0.2) is 44.4 Å². The number of imide groups is 1. The molecule has 1 unspecified atom stereocenters. The van der Waals surface area contributed by atoms with Crippen LogP contribution < -0.4 is 16.0 Å². The quantitative estimate of drug-likeness (QED) is 0.443. The van der Waals surface area contributed by atoms with Crippen LogP contribution in [-0.2, 0) is 16.0 Å². The fourth-order valence-electron chi connectivity index (χ4n) is 3.44. The van der Waals surface area contributed by atoms with Crippen molar-refractivity contribution in [1.82, 2.24) is 25.4 Å². The first-order chi connectivity index (χ1) is 15.9. The summed E-state index contributed by atoms with van der Waals surface area (Å²) in [4.78, 5) is 35.9. The van der Waals surface area contributed by atoms with Crippen LogP contribution in [0.3, 0.4) is 0 Å². The lowest BCUT2D eigenvalue weighted by atomic mass is 10.1. The summed E-state index contributed by atoms with van der Waals surface area (Å²) in [6.45, 7) is 1.96. The summed E-state index contributed by atoms with van der Waals surface area (Å²) in [5, 5.41) is 17.5. The molecule has 0 radical (unpaired) electrons. The molecule has 3 aromatic rings. The smallest absolute Gasteiger partial charge is 0.321 e. The minimum Gasteiger partial charge on any atom is -0.334 e. The van der Waals surface area contributed by atoms with Crippen LogP contribution in [0.15, 0.2) is 53.7 Å². The van der Waals surface area contributed by atoms with Crippen molar-refractivity contribution in [2.24, 2.45) is 0 Å². The van der Waals surface area contributed by atoms with Crippen LogP contribution in [0.1, 0.15) is 17.8 Å². The largest absolute Gasteiger partial charge is 0.334 e. The molecule has 2 heterocycles. The van der Waals surface area contributed by atoms with Crippen molar-refractivity contribution >= 4 is 46.9 Å². The first kappa shape index (κ1) is 22.8. The molecule has 11 heteroatoms. The van der Waals surface area contributed by atoms with Gasteiger partial charge in [0.05, 0.1) is 5.75 Å². The summed E-state index contributed by atoms with van der Waals surface area (Å²) < 4.78 is 1.81. The monoisotopic (exact) mass is 484 g/mol. The van der Waals surface area contributed by atoms with E-state index < -0.39 is 12.1 Å². The molecule has 4 rings (SSSR count). The third kappa shape index (κ3) is 5.91. The third-order valence-electron chi connectivity index (χ3n) is 4.87. The number of carbonyl (C=O) groups excluding carboxylic acids is 3. The number of anilines is 1. The number of amides is 4. The van der Waals surface area contributed by atoms with Crippen molar-refractivity contribution in [2.75, 3.05) is 11.1 Å². The molecule has 0 spiro atoms. The van der Waals surface area contributed by atoms with Crippen LogP contribution in [0, 0.1) is 6.92 Å². The number of rotatable bonds is 7. The fourth-order valence-corrected chi connectivity index (χ4v) is 4.34. The zero-order valence-corrected chi connectivity index (χ0v) is 19.2. The lowest BCUT2D eigenvalue weighted by Gasteiger charge is -2.23. The number of hydrogen-bond acceptors (Lipinski definition) is 6. The second-order valence-corrected chi connectivity index (χ2v) is 8.92. The van der Waals surface area contributed by atoms with Crippen LogP contribution in [0.5, 0.6) is 0 Å². The number of nitrogens with zero attached hydrogens (tertiary/aromatic N) is 3. The van der Waals surface area contributed by atoms with Gasteiger partial charge in [-0.15, -0.1) is 10.2 Å². The van der Waals surface area contributed by atoms with Gasteiger partial charge in [0.25, 0.3) is 0 Å². The van der Waals surface area contributed by atoms with Gasteiger partial charge in [0, 0.05) is 35.3 Å². The maximum Gasteiger partial charge on any atom is 0.321 e. The van der Waals surface area contributed by atoms with Gasteiger partial charge >= 0.3 is 6.03 Å². The Bertz CT molecular complexity index is 1180. The van der Waals surface area contributed by atoms with Gasteiger partial charge in [-0.25, -0.2) is 4.79 Å². The standard InChI is InChI=1S/C22H21ClN6O3S/c1-13-3-2-4-15(9-13)24-20(31)12-33-22-28-27-18(10-16-11-19(30)26-21(32)25-16)29(22)17-7-5-14(23)6-8-17/h2-9,16H,10-12H2,1H3,(H,24,31)(H2,25,26,30,32). The first-order valence-electron chi connectivity index (χ1n) is 10.2. The molecule has 1 aliphatic rings. The maximum absolute atomic E-state index is 12.5. The Morgan fingerprint density at radius 3 is 2.73 bits per heavy atom. The van der Waals surface area contributed by atoms with Crippen molar-refractivity contribution in [1.29, 1.82) is 0 Å². The molecule has 0 bridgehead atoms. The van der Waals surface area contributed by atoms with Gasteiger partial charge in [-0.1, -0.05) is 35.5 Å². The van der Waals surface area contributed by atoms with E-state index in [1.165, 1.54) is 11.8 Å². The van der Waals surface area contributed by atoms with Gasteiger partial charge in [-0.2, -0.15) is 0 Å². The topological polar surface area (TPSA) is 118 Å². The van der Waals surface area contributed by atoms with E-state index in [-0.39, 0.29) is 24.0 Å². The Hall–Kier alpha value is -3.37. The highest BCUT2D eigenvalue weighted by Gasteiger charge is 2.27. The zero-order chi connectivity index (χ0) is 23.4. The average Bonchev–Trinajstić information content (AvgIpc) is 3.14. The van der Waals surface area contributed by atoms with E-state index in [2.05, 4.69) is 26.1 Å². The number of carbonyl (C=O) groups is 3. The van der Waals surface area contributed by atoms with E-state index in [1.807, 2.05) is 43.3 Å². The Morgan fingerprint density at radius 2 is 2.00 bits per heavy atom. The number of aryl methyl sites for hydroxylation is 1. The highest BCUT2D eigenvalue weighted by Crippen LogP contribution is 2.25. The fraction of sp³-hybridized carbons (Fsp3) is 0.227. The third-order valence-corrected chi connectivity index (χ3v) is 6.05. The summed E-state index contributed by atoms with van der Waals surface area (Å²) >= 11 is 7.28. The molecule has 3 N–H and O–H groups in total. The Balaban J connectivity index is 1.53. The second-order valence-electron chi connectivity index (χ2n) is 7.54. The van der Waals surface area contributed by atoms with E-state index in [0.29, 0.717) is 22.4 Å². The molecular formula is C22H21ClN6O3S. The molecule has 0 aliphatic carbocycles. The van der Waals surface area contributed by atoms with Crippen LogP contribution in [0.25, 0.3) is 5.69 Å². The van der Waals surface area contributed by atoms with E-state index in [9.17, 15) is 14.4 Å². The van der Waals surface area contributed by atoms with E-state index in [0.717, 1.165) is 16.9 Å². The highest BCUT2D eigenvalue weighted by atomic mass is 35.5. The number of hydrogen-bond donors (Lipinski definition) is 3. The lowest BCUT2D eigenvalue weighted by molar-refractivity contribution is -0.121. The van der Waals surface area contributed by atoms with Gasteiger partial charge < -0.3 is 10.6 Å². The summed E-state index contributed by atoms with van der Waals surface area (Å²) in [6.07, 6.45) is 0.436. The number of benzene rings is 2. The zero-order valence-electron chi connectivity index (χ0n) is 17.7. The summed E-state index contributed by atoms with van der Waals surface area (Å²) in [5.41, 5.74) is 2.54. The molecule has 33 heavy (non-hydrogen) atoms. The molecule has 1 aliphatic heterocycles. The Labute approximate surface area is 199 Å². The van der Waals surface area contributed by atoms with Gasteiger partial charge in [0.15, 0.2) is 5.16 Å². The molecule has 170 valence electrons. The van der Waals surface area contributed by atoms with Crippen molar-refractivity contribution in [3.05, 3.63) is 64.9 Å². The SMILES string of the molecule is Cc1cccc(NC(=O)CSc2nnc(CC3CC(=O)NC(=O)N3)n2-c2ccc(Cl)cc2)c1. The summed E-state index contributed by atoms with van der Waals surface area (Å²) in [5.74, 6) is 0.166. The van der Waals surface area contributed by atoms with Crippen LogP contribution in [0.4, 0.5) is 10.5 Å². The molecule has 1 aromatic heterocycles. The van der Waals surface area contributed by atoms with Crippen molar-refractivity contribution < 1.29 is 14.4 Å². The minimum atomic E-state index is -0.531. The summed E-state index contributed by atoms with van der Waals surface area (Å²) in [6, 6.07) is 13.7. The molecule has 0 saturated carbocycles. The number of nitrogens with one attached hydrogen (secondary N) is 3. The molecule has 1 atom stereocenters. The highest BCUT2D eigenvalue weighted by molar-refractivity contribution is 7.99.